The Morgan fingerprint density at radius 2 is 1.95 bits per heavy atom. The highest BCUT2D eigenvalue weighted by molar-refractivity contribution is 5.58. The minimum Gasteiger partial charge on any atom is -0.491 e. The Hall–Kier alpha value is -1.22. The number of rotatable bonds is 8. The number of nitrogens with zero attached hydrogens (tertiary/aromatic N) is 1. The van der Waals surface area contributed by atoms with Gasteiger partial charge in [0.05, 0.1) is 12.3 Å². The van der Waals surface area contributed by atoms with Crippen molar-refractivity contribution in [2.75, 3.05) is 31.1 Å². The van der Waals surface area contributed by atoms with Crippen LogP contribution in [0.5, 0.6) is 5.75 Å². The van der Waals surface area contributed by atoms with E-state index in [1.165, 1.54) is 50.8 Å². The van der Waals surface area contributed by atoms with Crippen LogP contribution in [-0.4, -0.2) is 32.3 Å². The molecule has 1 N–H and O–H groups in total. The van der Waals surface area contributed by atoms with E-state index in [0.29, 0.717) is 0 Å². The summed E-state index contributed by atoms with van der Waals surface area (Å²) in [6.07, 6.45) is 9.23. The number of benzene rings is 1. The van der Waals surface area contributed by atoms with Crippen molar-refractivity contribution < 1.29 is 4.74 Å². The molecule has 1 fully saturated rings. The third-order valence-corrected chi connectivity index (χ3v) is 4.40. The number of fused-ring (bicyclic) bond motifs is 1. The first kappa shape index (κ1) is 14.7. The average molecular weight is 288 g/mol. The fourth-order valence-corrected chi connectivity index (χ4v) is 3.01. The van der Waals surface area contributed by atoms with E-state index in [-0.39, 0.29) is 0 Å². The quantitative estimate of drug-likeness (QED) is 0.740. The zero-order chi connectivity index (χ0) is 14.3. The van der Waals surface area contributed by atoms with Crippen LogP contribution in [0.2, 0.25) is 0 Å². The van der Waals surface area contributed by atoms with Crippen molar-refractivity contribution in [2.45, 2.75) is 51.0 Å². The Labute approximate surface area is 128 Å². The summed E-state index contributed by atoms with van der Waals surface area (Å²) in [6, 6.07) is 9.33. The molecular formula is C18H28N2O. The topological polar surface area (TPSA) is 24.5 Å². The number of para-hydroxylation sites is 2. The van der Waals surface area contributed by atoms with Crippen molar-refractivity contribution in [3.8, 4) is 5.75 Å². The van der Waals surface area contributed by atoms with Crippen molar-refractivity contribution in [3.63, 3.8) is 0 Å². The molecule has 1 aliphatic carbocycles. The van der Waals surface area contributed by atoms with Gasteiger partial charge in [0.15, 0.2) is 0 Å². The summed E-state index contributed by atoms with van der Waals surface area (Å²) < 4.78 is 5.82. The lowest BCUT2D eigenvalue weighted by atomic mass is 10.1. The molecule has 0 radical (unpaired) electrons. The molecule has 0 saturated heterocycles. The number of anilines is 1. The fraction of sp³-hybridized carbons (Fsp3) is 0.667. The Morgan fingerprint density at radius 3 is 2.86 bits per heavy atom. The SMILES string of the molecule is c1ccc2c(c1)OCCCN2CCCCCCNC1CC1. The molecule has 0 spiro atoms. The summed E-state index contributed by atoms with van der Waals surface area (Å²) in [5.41, 5.74) is 1.28. The summed E-state index contributed by atoms with van der Waals surface area (Å²) in [4.78, 5) is 2.50. The van der Waals surface area contributed by atoms with E-state index in [4.69, 9.17) is 4.74 Å². The van der Waals surface area contributed by atoms with Crippen molar-refractivity contribution in [2.24, 2.45) is 0 Å². The van der Waals surface area contributed by atoms with Gasteiger partial charge >= 0.3 is 0 Å². The summed E-state index contributed by atoms with van der Waals surface area (Å²) in [7, 11) is 0. The number of hydrogen-bond donors (Lipinski definition) is 1. The fourth-order valence-electron chi connectivity index (χ4n) is 3.01. The minimum absolute atomic E-state index is 0.848. The van der Waals surface area contributed by atoms with Crippen LogP contribution in [0.1, 0.15) is 44.9 Å². The van der Waals surface area contributed by atoms with Gasteiger partial charge in [0.25, 0.3) is 0 Å². The van der Waals surface area contributed by atoms with Gasteiger partial charge in [-0.2, -0.15) is 0 Å². The predicted octanol–water partition coefficient (Wildman–Crippen LogP) is 3.59. The molecule has 1 aliphatic heterocycles. The Balaban J connectivity index is 1.36. The highest BCUT2D eigenvalue weighted by Crippen LogP contribution is 2.30. The van der Waals surface area contributed by atoms with Gasteiger partial charge in [0.1, 0.15) is 5.75 Å². The summed E-state index contributed by atoms with van der Waals surface area (Å²) in [6.45, 7) is 4.35. The molecular weight excluding hydrogens is 260 g/mol. The minimum atomic E-state index is 0.848. The van der Waals surface area contributed by atoms with E-state index in [2.05, 4.69) is 34.5 Å². The van der Waals surface area contributed by atoms with Crippen molar-refractivity contribution in [1.82, 2.24) is 5.32 Å². The third kappa shape index (κ3) is 4.63. The largest absolute Gasteiger partial charge is 0.491 e. The van der Waals surface area contributed by atoms with Crippen molar-refractivity contribution in [3.05, 3.63) is 24.3 Å². The molecule has 1 saturated carbocycles. The smallest absolute Gasteiger partial charge is 0.142 e. The van der Waals surface area contributed by atoms with Crippen LogP contribution < -0.4 is 15.0 Å². The maximum absolute atomic E-state index is 5.82. The highest BCUT2D eigenvalue weighted by atomic mass is 16.5. The lowest BCUT2D eigenvalue weighted by Crippen LogP contribution is -2.25. The Morgan fingerprint density at radius 1 is 1.10 bits per heavy atom. The van der Waals surface area contributed by atoms with Gasteiger partial charge in [-0.3, -0.25) is 0 Å². The van der Waals surface area contributed by atoms with Crippen LogP contribution >= 0.6 is 0 Å². The van der Waals surface area contributed by atoms with E-state index in [9.17, 15) is 0 Å². The third-order valence-electron chi connectivity index (χ3n) is 4.40. The standard InChI is InChI=1S/C18H28N2O/c1(5-12-19-16-10-11-16)2-6-13-20-14-7-15-21-18-9-4-3-8-17(18)20/h3-4,8-9,16,19H,1-2,5-7,10-15H2. The molecule has 0 bridgehead atoms. The summed E-state index contributed by atoms with van der Waals surface area (Å²) >= 11 is 0. The zero-order valence-electron chi connectivity index (χ0n) is 13.0. The highest BCUT2D eigenvalue weighted by Gasteiger charge is 2.19. The molecule has 0 amide bonds. The average Bonchev–Trinajstić information content (AvgIpc) is 3.33. The summed E-state index contributed by atoms with van der Waals surface area (Å²) in [5, 5.41) is 3.59. The van der Waals surface area contributed by atoms with Crippen LogP contribution in [0.4, 0.5) is 5.69 Å². The van der Waals surface area contributed by atoms with E-state index in [1.807, 2.05) is 0 Å². The van der Waals surface area contributed by atoms with Gasteiger partial charge < -0.3 is 15.0 Å². The van der Waals surface area contributed by atoms with E-state index >= 15 is 0 Å². The number of unbranched alkanes of at least 4 members (excludes halogenated alkanes) is 3. The molecule has 1 aromatic rings. The van der Waals surface area contributed by atoms with Crippen LogP contribution in [-0.2, 0) is 0 Å². The second kappa shape index (κ2) is 7.69. The lowest BCUT2D eigenvalue weighted by Gasteiger charge is -2.23. The van der Waals surface area contributed by atoms with Crippen LogP contribution in [0.15, 0.2) is 24.3 Å². The maximum atomic E-state index is 5.82. The van der Waals surface area contributed by atoms with Gasteiger partial charge in [-0.15, -0.1) is 0 Å². The predicted molar refractivity (Wildman–Crippen MR) is 88.3 cm³/mol. The monoisotopic (exact) mass is 288 g/mol. The van der Waals surface area contributed by atoms with Gasteiger partial charge in [-0.25, -0.2) is 0 Å². The molecule has 116 valence electrons. The number of ether oxygens (including phenoxy) is 1. The van der Waals surface area contributed by atoms with Crippen molar-refractivity contribution >= 4 is 5.69 Å². The van der Waals surface area contributed by atoms with Crippen LogP contribution in [0.25, 0.3) is 0 Å². The summed E-state index contributed by atoms with van der Waals surface area (Å²) in [5.74, 6) is 1.06. The molecule has 3 heteroatoms. The molecule has 3 nitrogen and oxygen atoms in total. The van der Waals surface area contributed by atoms with E-state index in [1.54, 1.807) is 0 Å². The molecule has 1 heterocycles. The Bertz CT molecular complexity index is 431. The number of hydrogen-bond acceptors (Lipinski definition) is 3. The second-order valence-corrected chi connectivity index (χ2v) is 6.30. The molecule has 1 aromatic carbocycles. The lowest BCUT2D eigenvalue weighted by molar-refractivity contribution is 0.322. The van der Waals surface area contributed by atoms with E-state index in [0.717, 1.165) is 37.9 Å². The first-order valence-corrected chi connectivity index (χ1v) is 8.63. The first-order chi connectivity index (χ1) is 10.4. The van der Waals surface area contributed by atoms with E-state index < -0.39 is 0 Å². The molecule has 3 rings (SSSR count). The molecule has 0 aromatic heterocycles. The van der Waals surface area contributed by atoms with Crippen LogP contribution in [0, 0.1) is 0 Å². The number of nitrogens with one attached hydrogen (secondary N) is 1. The van der Waals surface area contributed by atoms with Gasteiger partial charge in [-0.05, 0) is 50.8 Å². The van der Waals surface area contributed by atoms with Gasteiger partial charge in [-0.1, -0.05) is 25.0 Å². The van der Waals surface area contributed by atoms with Gasteiger partial charge in [0, 0.05) is 19.1 Å². The first-order valence-electron chi connectivity index (χ1n) is 8.63. The Kier molecular flexibility index (Phi) is 5.39. The van der Waals surface area contributed by atoms with Crippen LogP contribution in [0.3, 0.4) is 0 Å². The molecule has 0 unspecified atom stereocenters. The zero-order valence-corrected chi connectivity index (χ0v) is 13.0. The maximum Gasteiger partial charge on any atom is 0.142 e. The van der Waals surface area contributed by atoms with Crippen molar-refractivity contribution in [1.29, 1.82) is 0 Å². The molecule has 0 atom stereocenters. The molecule has 21 heavy (non-hydrogen) atoms. The van der Waals surface area contributed by atoms with Gasteiger partial charge in [0.2, 0.25) is 0 Å². The molecule has 2 aliphatic rings. The normalized spacial score (nSPS) is 18.0. The second-order valence-electron chi connectivity index (χ2n) is 6.30.